The van der Waals surface area contributed by atoms with E-state index in [4.69, 9.17) is 4.74 Å². The van der Waals surface area contributed by atoms with Gasteiger partial charge in [-0.3, -0.25) is 9.59 Å². The van der Waals surface area contributed by atoms with Gasteiger partial charge in [-0.15, -0.1) is 0 Å². The number of amides is 2. The Bertz CT molecular complexity index is 829. The van der Waals surface area contributed by atoms with Crippen LogP contribution in [0.3, 0.4) is 0 Å². The number of esters is 1. The zero-order valence-electron chi connectivity index (χ0n) is 20.5. The van der Waals surface area contributed by atoms with Crippen LogP contribution in [0.2, 0.25) is 0 Å². The van der Waals surface area contributed by atoms with E-state index >= 15 is 0 Å². The van der Waals surface area contributed by atoms with Crippen molar-refractivity contribution in [1.29, 1.82) is 0 Å². The number of ether oxygens (including phenoxy) is 1. The zero-order valence-corrected chi connectivity index (χ0v) is 20.5. The van der Waals surface area contributed by atoms with Gasteiger partial charge in [-0.1, -0.05) is 0 Å². The van der Waals surface area contributed by atoms with Crippen molar-refractivity contribution in [2.75, 3.05) is 45.9 Å². The Kier molecular flexibility index (Phi) is 9.35. The number of aryl methyl sites for hydroxylation is 1. The number of hydrogen-bond donors (Lipinski definition) is 2. The van der Waals surface area contributed by atoms with Crippen LogP contribution in [0.4, 0.5) is 0 Å². The standard InChI is InChI=1S/C25H40N4O4/c1-4-33-25(32)23-18(2)21(19(3)27-23)10-11-22(30)29-16-7-9-20(17-29)24(31)26-12-8-15-28-13-5-6-14-28/h20,27H,4-17H2,1-3H3,(H,26,31)/t20-/m1/s1. The van der Waals surface area contributed by atoms with Crippen molar-refractivity contribution in [2.45, 2.75) is 65.7 Å². The van der Waals surface area contributed by atoms with Crippen LogP contribution in [0.15, 0.2) is 0 Å². The molecular weight excluding hydrogens is 420 g/mol. The number of aromatic amines is 1. The van der Waals surface area contributed by atoms with Crippen LogP contribution < -0.4 is 5.32 Å². The predicted octanol–water partition coefficient (Wildman–Crippen LogP) is 2.58. The Balaban J connectivity index is 1.44. The minimum atomic E-state index is -0.360. The number of carbonyl (C=O) groups is 3. The van der Waals surface area contributed by atoms with Gasteiger partial charge in [0.2, 0.25) is 11.8 Å². The minimum Gasteiger partial charge on any atom is -0.461 e. The maximum atomic E-state index is 12.9. The van der Waals surface area contributed by atoms with Crippen LogP contribution in [-0.4, -0.2) is 78.4 Å². The highest BCUT2D eigenvalue weighted by Crippen LogP contribution is 2.22. The molecule has 0 aliphatic carbocycles. The highest BCUT2D eigenvalue weighted by Gasteiger charge is 2.28. The summed E-state index contributed by atoms with van der Waals surface area (Å²) in [5.74, 6) is -0.342. The van der Waals surface area contributed by atoms with Crippen molar-refractivity contribution in [3.05, 3.63) is 22.5 Å². The highest BCUT2D eigenvalue weighted by molar-refractivity contribution is 5.90. The molecule has 8 heteroatoms. The number of carbonyl (C=O) groups excluding carboxylic acids is 3. The molecular formula is C25H40N4O4. The van der Waals surface area contributed by atoms with Crippen LogP contribution in [0.5, 0.6) is 0 Å². The van der Waals surface area contributed by atoms with E-state index in [0.717, 1.165) is 42.6 Å². The van der Waals surface area contributed by atoms with Gasteiger partial charge in [0.05, 0.1) is 12.5 Å². The van der Waals surface area contributed by atoms with Crippen molar-refractivity contribution in [1.82, 2.24) is 20.1 Å². The second kappa shape index (κ2) is 12.2. The van der Waals surface area contributed by atoms with Gasteiger partial charge in [0, 0.05) is 31.7 Å². The van der Waals surface area contributed by atoms with Crippen LogP contribution in [0.1, 0.15) is 72.8 Å². The molecule has 0 aromatic carbocycles. The summed E-state index contributed by atoms with van der Waals surface area (Å²) in [7, 11) is 0. The summed E-state index contributed by atoms with van der Waals surface area (Å²) in [6.07, 6.45) is 6.17. The van der Waals surface area contributed by atoms with E-state index in [-0.39, 0.29) is 23.7 Å². The number of hydrogen-bond acceptors (Lipinski definition) is 5. The van der Waals surface area contributed by atoms with Gasteiger partial charge >= 0.3 is 5.97 Å². The van der Waals surface area contributed by atoms with Crippen molar-refractivity contribution < 1.29 is 19.1 Å². The number of H-pyrrole nitrogens is 1. The van der Waals surface area contributed by atoms with Gasteiger partial charge < -0.3 is 24.8 Å². The number of rotatable bonds is 10. The molecule has 0 radical (unpaired) electrons. The average Bonchev–Trinajstić information content (AvgIpc) is 3.43. The number of nitrogens with zero attached hydrogens (tertiary/aromatic N) is 2. The first-order valence-electron chi connectivity index (χ1n) is 12.5. The van der Waals surface area contributed by atoms with E-state index in [1.807, 2.05) is 18.7 Å². The number of piperidine rings is 1. The first-order valence-corrected chi connectivity index (χ1v) is 12.5. The van der Waals surface area contributed by atoms with Crippen LogP contribution >= 0.6 is 0 Å². The lowest BCUT2D eigenvalue weighted by atomic mass is 9.96. The van der Waals surface area contributed by atoms with Gasteiger partial charge in [0.25, 0.3) is 0 Å². The van der Waals surface area contributed by atoms with E-state index in [0.29, 0.717) is 44.8 Å². The van der Waals surface area contributed by atoms with E-state index in [9.17, 15) is 14.4 Å². The zero-order chi connectivity index (χ0) is 23.8. The molecule has 0 unspecified atom stereocenters. The molecule has 2 amide bonds. The average molecular weight is 461 g/mol. The molecule has 1 atom stereocenters. The topological polar surface area (TPSA) is 94.7 Å². The fourth-order valence-electron chi connectivity index (χ4n) is 5.04. The van der Waals surface area contributed by atoms with Gasteiger partial charge in [-0.05, 0) is 90.1 Å². The molecule has 0 bridgehead atoms. The maximum Gasteiger partial charge on any atom is 0.355 e. The molecule has 2 fully saturated rings. The lowest BCUT2D eigenvalue weighted by molar-refractivity contribution is -0.135. The quantitative estimate of drug-likeness (QED) is 0.413. The van der Waals surface area contributed by atoms with Gasteiger partial charge in [0.1, 0.15) is 5.69 Å². The summed E-state index contributed by atoms with van der Waals surface area (Å²) in [5, 5.41) is 3.08. The molecule has 3 rings (SSSR count). The molecule has 1 aromatic heterocycles. The molecule has 0 spiro atoms. The van der Waals surface area contributed by atoms with Crippen molar-refractivity contribution >= 4 is 17.8 Å². The Morgan fingerprint density at radius 3 is 2.61 bits per heavy atom. The van der Waals surface area contributed by atoms with Gasteiger partial charge in [-0.2, -0.15) is 0 Å². The number of likely N-dealkylation sites (tertiary alicyclic amines) is 2. The third-order valence-electron chi connectivity index (χ3n) is 6.96. The summed E-state index contributed by atoms with van der Waals surface area (Å²) in [6, 6.07) is 0. The molecule has 1 aromatic rings. The Hall–Kier alpha value is -2.35. The summed E-state index contributed by atoms with van der Waals surface area (Å²) in [6.45, 7) is 11.2. The molecule has 2 N–H and O–H groups in total. The van der Waals surface area contributed by atoms with Gasteiger partial charge in [0.15, 0.2) is 0 Å². The van der Waals surface area contributed by atoms with Crippen LogP contribution in [0, 0.1) is 19.8 Å². The second-order valence-corrected chi connectivity index (χ2v) is 9.32. The fourth-order valence-corrected chi connectivity index (χ4v) is 5.04. The first kappa shape index (κ1) is 25.3. The van der Waals surface area contributed by atoms with Crippen molar-refractivity contribution in [3.63, 3.8) is 0 Å². The first-order chi connectivity index (χ1) is 15.9. The monoisotopic (exact) mass is 460 g/mol. The molecule has 2 aliphatic heterocycles. The third kappa shape index (κ3) is 6.82. The van der Waals surface area contributed by atoms with Crippen molar-refractivity contribution in [2.24, 2.45) is 5.92 Å². The molecule has 3 heterocycles. The summed E-state index contributed by atoms with van der Waals surface area (Å²) in [4.78, 5) is 45.0. The third-order valence-corrected chi connectivity index (χ3v) is 6.96. The Morgan fingerprint density at radius 1 is 1.12 bits per heavy atom. The summed E-state index contributed by atoms with van der Waals surface area (Å²) in [5.41, 5.74) is 3.21. The van der Waals surface area contributed by atoms with Gasteiger partial charge in [-0.25, -0.2) is 4.79 Å². The smallest absolute Gasteiger partial charge is 0.355 e. The lowest BCUT2D eigenvalue weighted by Crippen LogP contribution is -2.45. The van der Waals surface area contributed by atoms with E-state index in [1.54, 1.807) is 6.92 Å². The Labute approximate surface area is 197 Å². The van der Waals surface area contributed by atoms with E-state index < -0.39 is 0 Å². The molecule has 8 nitrogen and oxygen atoms in total. The predicted molar refractivity (Wildman–Crippen MR) is 127 cm³/mol. The molecule has 2 saturated heterocycles. The molecule has 33 heavy (non-hydrogen) atoms. The number of nitrogens with one attached hydrogen (secondary N) is 2. The molecule has 2 aliphatic rings. The van der Waals surface area contributed by atoms with Crippen LogP contribution in [-0.2, 0) is 20.7 Å². The SMILES string of the molecule is CCOC(=O)c1[nH]c(C)c(CCC(=O)N2CCC[C@@H](C(=O)NCCCN3CCCC3)C2)c1C. The largest absolute Gasteiger partial charge is 0.461 e. The summed E-state index contributed by atoms with van der Waals surface area (Å²) >= 11 is 0. The van der Waals surface area contributed by atoms with E-state index in [1.165, 1.54) is 25.9 Å². The lowest BCUT2D eigenvalue weighted by Gasteiger charge is -2.32. The minimum absolute atomic E-state index is 0.0687. The molecule has 184 valence electrons. The van der Waals surface area contributed by atoms with E-state index in [2.05, 4.69) is 15.2 Å². The van der Waals surface area contributed by atoms with Crippen molar-refractivity contribution in [3.8, 4) is 0 Å². The fraction of sp³-hybridized carbons (Fsp3) is 0.720. The maximum absolute atomic E-state index is 12.9. The van der Waals surface area contributed by atoms with Crippen LogP contribution in [0.25, 0.3) is 0 Å². The highest BCUT2D eigenvalue weighted by atomic mass is 16.5. The Morgan fingerprint density at radius 2 is 1.88 bits per heavy atom. The molecule has 0 saturated carbocycles. The number of aromatic nitrogens is 1. The normalized spacial score (nSPS) is 19.0. The summed E-state index contributed by atoms with van der Waals surface area (Å²) < 4.78 is 5.11. The second-order valence-electron chi connectivity index (χ2n) is 9.32.